The van der Waals surface area contributed by atoms with Crippen LogP contribution < -0.4 is 0 Å². The predicted octanol–water partition coefficient (Wildman–Crippen LogP) is 1.94. The molecule has 1 aliphatic rings. The van der Waals surface area contributed by atoms with Gasteiger partial charge >= 0.3 is 0 Å². The largest absolute Gasteiger partial charge is 0.329 e. The van der Waals surface area contributed by atoms with Crippen LogP contribution in [0.25, 0.3) is 0 Å². The van der Waals surface area contributed by atoms with E-state index in [1.807, 2.05) is 37.3 Å². The van der Waals surface area contributed by atoms with Gasteiger partial charge in [-0.05, 0) is 12.0 Å². The number of likely N-dealkylation sites (tertiary alicyclic amines) is 1. The third-order valence-corrected chi connectivity index (χ3v) is 3.03. The molecule has 1 saturated heterocycles. The van der Waals surface area contributed by atoms with E-state index in [0.717, 1.165) is 12.0 Å². The molecule has 3 nitrogen and oxygen atoms in total. The van der Waals surface area contributed by atoms with E-state index in [2.05, 4.69) is 0 Å². The normalized spacial score (nSPS) is 17.9. The fourth-order valence-corrected chi connectivity index (χ4v) is 2.20. The first-order valence-electron chi connectivity index (χ1n) is 5.62. The monoisotopic (exact) mass is 217 g/mol. The van der Waals surface area contributed by atoms with Gasteiger partial charge < -0.3 is 4.90 Å². The Morgan fingerprint density at radius 1 is 1.25 bits per heavy atom. The second-order valence-electron chi connectivity index (χ2n) is 4.01. The molecule has 1 aliphatic heterocycles. The maximum absolute atomic E-state index is 11.7. The molecule has 0 radical (unpaired) electrons. The highest BCUT2D eigenvalue weighted by Crippen LogP contribution is 2.27. The molecule has 2 rings (SSSR count). The van der Waals surface area contributed by atoms with E-state index in [1.165, 1.54) is 0 Å². The van der Waals surface area contributed by atoms with E-state index in [9.17, 15) is 9.59 Å². The van der Waals surface area contributed by atoms with Crippen molar-refractivity contribution in [3.8, 4) is 0 Å². The summed E-state index contributed by atoms with van der Waals surface area (Å²) in [6, 6.07) is 9.92. The summed E-state index contributed by atoms with van der Waals surface area (Å²) in [6.07, 6.45) is 1.20. The molecule has 3 heteroatoms. The van der Waals surface area contributed by atoms with E-state index < -0.39 is 0 Å². The summed E-state index contributed by atoms with van der Waals surface area (Å²) in [7, 11) is 0. The summed E-state index contributed by atoms with van der Waals surface area (Å²) >= 11 is 0. The molecule has 1 aromatic carbocycles. The number of carbonyl (C=O) groups is 2. The number of amides is 1. The number of hydrogen-bond donors (Lipinski definition) is 0. The molecule has 1 heterocycles. The topological polar surface area (TPSA) is 37.4 Å². The van der Waals surface area contributed by atoms with Crippen LogP contribution in [0.4, 0.5) is 0 Å². The first kappa shape index (κ1) is 10.9. The van der Waals surface area contributed by atoms with E-state index in [1.54, 1.807) is 4.90 Å². The lowest BCUT2D eigenvalue weighted by molar-refractivity contribution is -0.141. The van der Waals surface area contributed by atoms with Crippen molar-refractivity contribution in [1.82, 2.24) is 4.90 Å². The van der Waals surface area contributed by atoms with E-state index in [4.69, 9.17) is 0 Å². The minimum Gasteiger partial charge on any atom is -0.329 e. The zero-order valence-corrected chi connectivity index (χ0v) is 9.35. The van der Waals surface area contributed by atoms with Crippen molar-refractivity contribution >= 4 is 11.7 Å². The first-order chi connectivity index (χ1) is 7.74. The van der Waals surface area contributed by atoms with Crippen LogP contribution >= 0.6 is 0 Å². The van der Waals surface area contributed by atoms with Crippen molar-refractivity contribution in [2.45, 2.75) is 25.8 Å². The van der Waals surface area contributed by atoms with Crippen LogP contribution in [0, 0.1) is 0 Å². The molecule has 1 amide bonds. The second-order valence-corrected chi connectivity index (χ2v) is 4.01. The van der Waals surface area contributed by atoms with Crippen LogP contribution in [-0.2, 0) is 9.59 Å². The van der Waals surface area contributed by atoms with Crippen LogP contribution in [0.2, 0.25) is 0 Å². The van der Waals surface area contributed by atoms with Gasteiger partial charge in [-0.2, -0.15) is 0 Å². The standard InChI is InChI=1S/C13H15NO2/c1-2-11(10-6-4-3-5-7-10)14-9-8-12(15)13(14)16/h3-7,11H,2,8-9H2,1H3. The lowest BCUT2D eigenvalue weighted by Crippen LogP contribution is -2.31. The number of hydrogen-bond acceptors (Lipinski definition) is 2. The van der Waals surface area contributed by atoms with Gasteiger partial charge in [0, 0.05) is 13.0 Å². The Morgan fingerprint density at radius 2 is 1.94 bits per heavy atom. The lowest BCUT2D eigenvalue weighted by Gasteiger charge is -2.26. The van der Waals surface area contributed by atoms with Crippen LogP contribution in [0.5, 0.6) is 0 Å². The van der Waals surface area contributed by atoms with Gasteiger partial charge in [-0.25, -0.2) is 0 Å². The molecule has 1 fully saturated rings. The zero-order chi connectivity index (χ0) is 11.5. The average molecular weight is 217 g/mol. The van der Waals surface area contributed by atoms with Gasteiger partial charge in [0.05, 0.1) is 6.04 Å². The minimum absolute atomic E-state index is 0.0418. The number of benzene rings is 1. The zero-order valence-electron chi connectivity index (χ0n) is 9.35. The smallest absolute Gasteiger partial charge is 0.290 e. The highest BCUT2D eigenvalue weighted by atomic mass is 16.2. The minimum atomic E-state index is -0.323. The molecule has 16 heavy (non-hydrogen) atoms. The first-order valence-corrected chi connectivity index (χ1v) is 5.62. The SMILES string of the molecule is CCC(c1ccccc1)N1CCC(=O)C1=O. The molecule has 0 aliphatic carbocycles. The fourth-order valence-electron chi connectivity index (χ4n) is 2.20. The Kier molecular flexibility index (Phi) is 3.04. The molecule has 0 saturated carbocycles. The number of nitrogens with zero attached hydrogens (tertiary/aromatic N) is 1. The third kappa shape index (κ3) is 1.85. The second kappa shape index (κ2) is 4.47. The average Bonchev–Trinajstić information content (AvgIpc) is 2.64. The van der Waals surface area contributed by atoms with Gasteiger partial charge in [-0.3, -0.25) is 9.59 Å². The summed E-state index contributed by atoms with van der Waals surface area (Å²) in [5.41, 5.74) is 1.10. The highest BCUT2D eigenvalue weighted by molar-refractivity contribution is 6.37. The summed E-state index contributed by atoms with van der Waals surface area (Å²) in [5.74, 6) is -0.579. The van der Waals surface area contributed by atoms with Crippen molar-refractivity contribution in [3.05, 3.63) is 35.9 Å². The van der Waals surface area contributed by atoms with Crippen LogP contribution in [0.1, 0.15) is 31.4 Å². The maximum Gasteiger partial charge on any atom is 0.290 e. The summed E-state index contributed by atoms with van der Waals surface area (Å²) in [5, 5.41) is 0. The van der Waals surface area contributed by atoms with Gasteiger partial charge in [0.15, 0.2) is 0 Å². The Labute approximate surface area is 95.1 Å². The third-order valence-electron chi connectivity index (χ3n) is 3.03. The van der Waals surface area contributed by atoms with Gasteiger partial charge in [0.1, 0.15) is 0 Å². The van der Waals surface area contributed by atoms with Crippen molar-refractivity contribution in [1.29, 1.82) is 0 Å². The lowest BCUT2D eigenvalue weighted by atomic mass is 10.0. The van der Waals surface area contributed by atoms with E-state index in [-0.39, 0.29) is 17.7 Å². The Morgan fingerprint density at radius 3 is 2.44 bits per heavy atom. The van der Waals surface area contributed by atoms with Gasteiger partial charge in [-0.15, -0.1) is 0 Å². The number of carbonyl (C=O) groups excluding carboxylic acids is 2. The summed E-state index contributed by atoms with van der Waals surface area (Å²) < 4.78 is 0. The van der Waals surface area contributed by atoms with Crippen LogP contribution in [-0.4, -0.2) is 23.1 Å². The predicted molar refractivity (Wildman–Crippen MR) is 60.8 cm³/mol. The maximum atomic E-state index is 11.7. The summed E-state index contributed by atoms with van der Waals surface area (Å²) in [6.45, 7) is 2.60. The Hall–Kier alpha value is -1.64. The molecular weight excluding hydrogens is 202 g/mol. The van der Waals surface area contributed by atoms with Gasteiger partial charge in [0.2, 0.25) is 5.78 Å². The molecule has 0 aromatic heterocycles. The highest BCUT2D eigenvalue weighted by Gasteiger charge is 2.34. The van der Waals surface area contributed by atoms with Crippen molar-refractivity contribution in [3.63, 3.8) is 0 Å². The van der Waals surface area contributed by atoms with Crippen LogP contribution in [0.3, 0.4) is 0 Å². The molecule has 0 N–H and O–H groups in total. The summed E-state index contributed by atoms with van der Waals surface area (Å²) in [4.78, 5) is 24.6. The quantitative estimate of drug-likeness (QED) is 0.725. The number of Topliss-reactive ketones (excluding diaryl/α,β-unsaturated/α-hetero) is 1. The fraction of sp³-hybridized carbons (Fsp3) is 0.385. The molecule has 1 unspecified atom stereocenters. The molecule has 1 atom stereocenters. The number of ketones is 1. The van der Waals surface area contributed by atoms with Crippen molar-refractivity contribution in [2.24, 2.45) is 0 Å². The number of rotatable bonds is 3. The molecular formula is C13H15NO2. The van der Waals surface area contributed by atoms with Crippen molar-refractivity contribution in [2.75, 3.05) is 6.54 Å². The Balaban J connectivity index is 2.24. The molecule has 0 bridgehead atoms. The van der Waals surface area contributed by atoms with E-state index in [0.29, 0.717) is 13.0 Å². The van der Waals surface area contributed by atoms with Gasteiger partial charge in [-0.1, -0.05) is 37.3 Å². The Bertz CT molecular complexity index is 400. The van der Waals surface area contributed by atoms with Crippen molar-refractivity contribution < 1.29 is 9.59 Å². The van der Waals surface area contributed by atoms with Crippen LogP contribution in [0.15, 0.2) is 30.3 Å². The van der Waals surface area contributed by atoms with E-state index >= 15 is 0 Å². The molecule has 0 spiro atoms. The molecule has 84 valence electrons. The van der Waals surface area contributed by atoms with Gasteiger partial charge in [0.25, 0.3) is 5.91 Å². The molecule has 1 aromatic rings.